The smallest absolute Gasteiger partial charge is 0.0621 e. The molecule has 0 aromatic carbocycles. The van der Waals surface area contributed by atoms with Crippen molar-refractivity contribution < 1.29 is 5.11 Å². The highest BCUT2D eigenvalue weighted by molar-refractivity contribution is 5.01. The molecule has 0 bridgehead atoms. The number of aliphatic hydroxyl groups is 1. The molecular formula is C14H29NO. The van der Waals surface area contributed by atoms with Crippen LogP contribution in [0.15, 0.2) is 0 Å². The van der Waals surface area contributed by atoms with Crippen LogP contribution in [0.2, 0.25) is 0 Å². The predicted octanol–water partition coefficient (Wildman–Crippen LogP) is 2.95. The minimum Gasteiger partial charge on any atom is -0.392 e. The van der Waals surface area contributed by atoms with Crippen LogP contribution in [0.1, 0.15) is 59.8 Å². The van der Waals surface area contributed by atoms with E-state index in [0.717, 1.165) is 18.9 Å². The fraction of sp³-hybridized carbons (Fsp3) is 1.00. The van der Waals surface area contributed by atoms with E-state index in [1.807, 2.05) is 0 Å². The summed E-state index contributed by atoms with van der Waals surface area (Å²) in [5, 5.41) is 13.3. The van der Waals surface area contributed by atoms with Crippen LogP contribution in [0.5, 0.6) is 0 Å². The summed E-state index contributed by atoms with van der Waals surface area (Å²) in [4.78, 5) is 0. The molecule has 1 aliphatic carbocycles. The van der Waals surface area contributed by atoms with Gasteiger partial charge in [-0.1, -0.05) is 47.0 Å². The van der Waals surface area contributed by atoms with Crippen molar-refractivity contribution in [3.8, 4) is 0 Å². The molecule has 0 heterocycles. The second kappa shape index (κ2) is 6.02. The summed E-state index contributed by atoms with van der Waals surface area (Å²) in [6.07, 6.45) is 6.07. The first-order valence-corrected chi connectivity index (χ1v) is 6.93. The quantitative estimate of drug-likeness (QED) is 0.701. The Morgan fingerprint density at radius 2 is 2.06 bits per heavy atom. The molecule has 2 heteroatoms. The van der Waals surface area contributed by atoms with Crippen molar-refractivity contribution >= 4 is 0 Å². The van der Waals surface area contributed by atoms with E-state index in [1.54, 1.807) is 0 Å². The van der Waals surface area contributed by atoms with E-state index in [2.05, 4.69) is 33.0 Å². The fourth-order valence-electron chi connectivity index (χ4n) is 2.50. The van der Waals surface area contributed by atoms with E-state index in [0.29, 0.717) is 6.04 Å². The molecule has 1 rings (SSSR count). The molecule has 0 spiro atoms. The lowest BCUT2D eigenvalue weighted by atomic mass is 9.64. The van der Waals surface area contributed by atoms with Gasteiger partial charge in [-0.05, 0) is 25.3 Å². The van der Waals surface area contributed by atoms with Gasteiger partial charge in [-0.15, -0.1) is 0 Å². The van der Waals surface area contributed by atoms with Crippen LogP contribution in [0.4, 0.5) is 0 Å². The van der Waals surface area contributed by atoms with Crippen molar-refractivity contribution in [2.45, 2.75) is 71.9 Å². The Hall–Kier alpha value is -0.0800. The Labute approximate surface area is 101 Å². The lowest BCUT2D eigenvalue weighted by Gasteiger charge is -2.50. The highest BCUT2D eigenvalue weighted by Gasteiger charge is 2.46. The van der Waals surface area contributed by atoms with Gasteiger partial charge < -0.3 is 10.4 Å². The minimum atomic E-state index is -0.110. The van der Waals surface area contributed by atoms with E-state index in [1.165, 1.54) is 25.7 Å². The first-order chi connectivity index (χ1) is 7.52. The fourth-order valence-corrected chi connectivity index (χ4v) is 2.50. The Balaban J connectivity index is 2.23. The molecule has 3 unspecified atom stereocenters. The molecular weight excluding hydrogens is 198 g/mol. The predicted molar refractivity (Wildman–Crippen MR) is 69.5 cm³/mol. The Morgan fingerprint density at radius 1 is 1.38 bits per heavy atom. The number of rotatable bonds is 7. The van der Waals surface area contributed by atoms with E-state index in [9.17, 15) is 5.11 Å². The third-order valence-corrected chi connectivity index (χ3v) is 4.41. The van der Waals surface area contributed by atoms with Crippen LogP contribution >= 0.6 is 0 Å². The molecule has 3 atom stereocenters. The average Bonchev–Trinajstić information content (AvgIpc) is 2.27. The van der Waals surface area contributed by atoms with Gasteiger partial charge in [-0.25, -0.2) is 0 Å². The van der Waals surface area contributed by atoms with Gasteiger partial charge in [0.25, 0.3) is 0 Å². The van der Waals surface area contributed by atoms with Crippen LogP contribution in [0.25, 0.3) is 0 Å². The van der Waals surface area contributed by atoms with Crippen molar-refractivity contribution in [1.29, 1.82) is 0 Å². The van der Waals surface area contributed by atoms with Crippen LogP contribution in [-0.2, 0) is 0 Å². The summed E-state index contributed by atoms with van der Waals surface area (Å²) in [5.41, 5.74) is 0.0725. The highest BCUT2D eigenvalue weighted by Crippen LogP contribution is 2.40. The van der Waals surface area contributed by atoms with Crippen molar-refractivity contribution in [1.82, 2.24) is 5.32 Å². The normalized spacial score (nSPS) is 29.8. The van der Waals surface area contributed by atoms with Crippen molar-refractivity contribution in [3.05, 3.63) is 0 Å². The molecule has 96 valence electrons. The Morgan fingerprint density at radius 3 is 2.50 bits per heavy atom. The number of hydrogen-bond donors (Lipinski definition) is 2. The molecule has 1 aliphatic rings. The van der Waals surface area contributed by atoms with E-state index >= 15 is 0 Å². The zero-order valence-corrected chi connectivity index (χ0v) is 11.4. The zero-order chi connectivity index (χ0) is 12.2. The molecule has 0 amide bonds. The monoisotopic (exact) mass is 227 g/mol. The maximum absolute atomic E-state index is 9.67. The third kappa shape index (κ3) is 3.21. The average molecular weight is 227 g/mol. The summed E-state index contributed by atoms with van der Waals surface area (Å²) in [5.74, 6) is 0.813. The van der Waals surface area contributed by atoms with E-state index < -0.39 is 0 Å². The minimum absolute atomic E-state index is 0.0725. The number of aliphatic hydroxyl groups excluding tert-OH is 1. The molecule has 2 N–H and O–H groups in total. The summed E-state index contributed by atoms with van der Waals surface area (Å²) < 4.78 is 0. The van der Waals surface area contributed by atoms with E-state index in [4.69, 9.17) is 0 Å². The Bertz CT molecular complexity index is 203. The van der Waals surface area contributed by atoms with Crippen molar-refractivity contribution in [2.75, 3.05) is 6.54 Å². The van der Waals surface area contributed by atoms with Gasteiger partial charge in [-0.3, -0.25) is 0 Å². The first-order valence-electron chi connectivity index (χ1n) is 6.93. The van der Waals surface area contributed by atoms with Gasteiger partial charge in [0.2, 0.25) is 0 Å². The molecule has 2 nitrogen and oxygen atoms in total. The molecule has 0 aromatic heterocycles. The standard InChI is InChI=1S/C14H29NO/c1-5-7-8-11(6-2)10-15-12-9-13(16)14(12,3)4/h11-13,15-16H,5-10H2,1-4H3. The maximum atomic E-state index is 9.67. The molecule has 0 aliphatic heterocycles. The summed E-state index contributed by atoms with van der Waals surface area (Å²) in [6, 6.07) is 0.512. The molecule has 0 radical (unpaired) electrons. The summed E-state index contributed by atoms with van der Waals surface area (Å²) in [7, 11) is 0. The number of unbranched alkanes of at least 4 members (excludes halogenated alkanes) is 1. The number of hydrogen-bond acceptors (Lipinski definition) is 2. The SMILES string of the molecule is CCCCC(CC)CNC1CC(O)C1(C)C. The van der Waals surface area contributed by atoms with Crippen LogP contribution in [0, 0.1) is 11.3 Å². The topological polar surface area (TPSA) is 32.3 Å². The van der Waals surface area contributed by atoms with E-state index in [-0.39, 0.29) is 11.5 Å². The van der Waals surface area contributed by atoms with Gasteiger partial charge in [0.15, 0.2) is 0 Å². The van der Waals surface area contributed by atoms with Crippen molar-refractivity contribution in [2.24, 2.45) is 11.3 Å². The highest BCUT2D eigenvalue weighted by atomic mass is 16.3. The second-order valence-electron chi connectivity index (χ2n) is 5.95. The van der Waals surface area contributed by atoms with Crippen LogP contribution < -0.4 is 5.32 Å². The third-order valence-electron chi connectivity index (χ3n) is 4.41. The molecule has 1 saturated carbocycles. The van der Waals surface area contributed by atoms with Gasteiger partial charge in [0.05, 0.1) is 6.10 Å². The van der Waals surface area contributed by atoms with Gasteiger partial charge in [-0.2, -0.15) is 0 Å². The molecule has 0 saturated heterocycles. The van der Waals surface area contributed by atoms with Gasteiger partial charge in [0.1, 0.15) is 0 Å². The van der Waals surface area contributed by atoms with Crippen LogP contribution in [-0.4, -0.2) is 23.8 Å². The van der Waals surface area contributed by atoms with Crippen LogP contribution in [0.3, 0.4) is 0 Å². The molecule has 16 heavy (non-hydrogen) atoms. The van der Waals surface area contributed by atoms with Gasteiger partial charge in [0, 0.05) is 11.5 Å². The largest absolute Gasteiger partial charge is 0.392 e. The molecule has 1 fully saturated rings. The summed E-state index contributed by atoms with van der Waals surface area (Å²) in [6.45, 7) is 9.98. The second-order valence-corrected chi connectivity index (χ2v) is 5.95. The lowest BCUT2D eigenvalue weighted by Crippen LogP contribution is -2.60. The van der Waals surface area contributed by atoms with Gasteiger partial charge >= 0.3 is 0 Å². The Kier molecular flexibility index (Phi) is 5.26. The first kappa shape index (κ1) is 14.0. The zero-order valence-electron chi connectivity index (χ0n) is 11.4. The van der Waals surface area contributed by atoms with Crippen molar-refractivity contribution in [3.63, 3.8) is 0 Å². The lowest BCUT2D eigenvalue weighted by molar-refractivity contribution is -0.0733. The maximum Gasteiger partial charge on any atom is 0.0621 e. The number of nitrogens with one attached hydrogen (secondary N) is 1. The molecule has 0 aromatic rings. The summed E-state index contributed by atoms with van der Waals surface area (Å²) >= 11 is 0.